The number of amides is 2. The average Bonchev–Trinajstić information content (AvgIpc) is 2.61. The maximum atomic E-state index is 12.4. The molecule has 2 rings (SSSR count). The lowest BCUT2D eigenvalue weighted by molar-refractivity contribution is -0.123. The van der Waals surface area contributed by atoms with Crippen LogP contribution in [0.3, 0.4) is 0 Å². The Morgan fingerprint density at radius 3 is 2.26 bits per heavy atom. The molecule has 3 N–H and O–H groups in total. The molecule has 142 valence electrons. The second-order valence-corrected chi connectivity index (χ2v) is 5.35. The lowest BCUT2D eigenvalue weighted by Gasteiger charge is -2.15. The zero-order valence-electron chi connectivity index (χ0n) is 14.1. The highest BCUT2D eigenvalue weighted by Crippen LogP contribution is 2.21. The first-order valence-corrected chi connectivity index (χ1v) is 7.73. The van der Waals surface area contributed by atoms with E-state index in [2.05, 4.69) is 10.1 Å². The number of anilines is 1. The minimum absolute atomic E-state index is 0.233. The number of hydrogen-bond donors (Lipinski definition) is 2. The Hall–Kier alpha value is -3.49. The molecule has 0 saturated carbocycles. The minimum atomic E-state index is -3.11. The van der Waals surface area contributed by atoms with E-state index >= 15 is 0 Å². The first-order chi connectivity index (χ1) is 12.8. The molecule has 0 aliphatic carbocycles. The van der Waals surface area contributed by atoms with E-state index in [0.29, 0.717) is 5.69 Å². The first-order valence-electron chi connectivity index (χ1n) is 7.73. The van der Waals surface area contributed by atoms with Gasteiger partial charge in [0.2, 0.25) is 5.91 Å². The maximum Gasteiger partial charge on any atom is 0.387 e. The summed E-state index contributed by atoms with van der Waals surface area (Å²) in [6, 6.07) is 11.1. The molecule has 0 saturated heterocycles. The Balaban J connectivity index is 2.01. The normalized spacial score (nSPS) is 11.6. The molecule has 0 unspecified atom stereocenters. The summed E-state index contributed by atoms with van der Waals surface area (Å²) in [4.78, 5) is 35.3. The van der Waals surface area contributed by atoms with Crippen molar-refractivity contribution in [1.29, 1.82) is 0 Å². The summed E-state index contributed by atoms with van der Waals surface area (Å²) in [6.07, 6.45) is -1.21. The molecule has 0 radical (unpaired) electrons. The van der Waals surface area contributed by atoms with Crippen molar-refractivity contribution in [3.05, 3.63) is 59.7 Å². The van der Waals surface area contributed by atoms with Gasteiger partial charge in [-0.2, -0.15) is 8.78 Å². The predicted octanol–water partition coefficient (Wildman–Crippen LogP) is 2.57. The van der Waals surface area contributed by atoms with E-state index in [1.54, 1.807) is 0 Å². The molecule has 1 atom stereocenters. The van der Waals surface area contributed by atoms with E-state index in [1.807, 2.05) is 0 Å². The number of para-hydroxylation sites is 1. The molecule has 7 nitrogen and oxygen atoms in total. The molecule has 0 aliphatic rings. The summed E-state index contributed by atoms with van der Waals surface area (Å²) in [5.41, 5.74) is 5.51. The van der Waals surface area contributed by atoms with E-state index in [-0.39, 0.29) is 16.9 Å². The number of nitrogens with two attached hydrogens (primary N) is 1. The molecule has 27 heavy (non-hydrogen) atoms. The number of nitrogens with one attached hydrogen (secondary N) is 1. The lowest BCUT2D eigenvalue weighted by Crippen LogP contribution is -2.30. The molecule has 2 amide bonds. The number of benzene rings is 2. The topological polar surface area (TPSA) is 108 Å². The monoisotopic (exact) mass is 378 g/mol. The van der Waals surface area contributed by atoms with Crippen molar-refractivity contribution in [2.75, 3.05) is 5.32 Å². The van der Waals surface area contributed by atoms with Crippen molar-refractivity contribution in [2.45, 2.75) is 19.6 Å². The van der Waals surface area contributed by atoms with Crippen LogP contribution in [0, 0.1) is 0 Å². The van der Waals surface area contributed by atoms with Crippen LogP contribution in [-0.2, 0) is 9.53 Å². The van der Waals surface area contributed by atoms with Gasteiger partial charge in [-0.05, 0) is 43.3 Å². The number of rotatable bonds is 7. The second kappa shape index (κ2) is 8.75. The molecule has 2 aromatic carbocycles. The Kier molecular flexibility index (Phi) is 6.42. The number of halogens is 2. The van der Waals surface area contributed by atoms with E-state index in [4.69, 9.17) is 10.5 Å². The van der Waals surface area contributed by atoms with Gasteiger partial charge in [0.05, 0.1) is 0 Å². The summed E-state index contributed by atoms with van der Waals surface area (Å²) < 4.78 is 34.1. The fraction of sp³-hybridized carbons (Fsp3) is 0.167. The van der Waals surface area contributed by atoms with Crippen molar-refractivity contribution in [3.63, 3.8) is 0 Å². The van der Waals surface area contributed by atoms with Gasteiger partial charge in [-0.1, -0.05) is 12.1 Å². The Morgan fingerprint density at radius 1 is 1.04 bits per heavy atom. The molecular weight excluding hydrogens is 362 g/mol. The Morgan fingerprint density at radius 2 is 1.67 bits per heavy atom. The van der Waals surface area contributed by atoms with Crippen LogP contribution in [0.25, 0.3) is 0 Å². The van der Waals surface area contributed by atoms with Crippen molar-refractivity contribution in [3.8, 4) is 5.75 Å². The number of primary amides is 1. The molecule has 0 heterocycles. The molecule has 9 heteroatoms. The number of alkyl halides is 2. The zero-order chi connectivity index (χ0) is 20.0. The third-order valence-corrected chi connectivity index (χ3v) is 3.41. The fourth-order valence-corrected chi connectivity index (χ4v) is 2.07. The van der Waals surface area contributed by atoms with Crippen LogP contribution in [0.5, 0.6) is 5.75 Å². The van der Waals surface area contributed by atoms with Crippen LogP contribution in [0.2, 0.25) is 0 Å². The van der Waals surface area contributed by atoms with Crippen LogP contribution in [0.4, 0.5) is 14.5 Å². The minimum Gasteiger partial charge on any atom is -0.449 e. The van der Waals surface area contributed by atoms with Crippen molar-refractivity contribution in [2.24, 2.45) is 5.73 Å². The van der Waals surface area contributed by atoms with Gasteiger partial charge in [0.1, 0.15) is 11.3 Å². The third-order valence-electron chi connectivity index (χ3n) is 3.41. The van der Waals surface area contributed by atoms with Gasteiger partial charge in [0, 0.05) is 11.3 Å². The average molecular weight is 378 g/mol. The van der Waals surface area contributed by atoms with Crippen LogP contribution in [0.1, 0.15) is 27.6 Å². The van der Waals surface area contributed by atoms with Gasteiger partial charge in [-0.3, -0.25) is 9.59 Å². The molecular formula is C18H16F2N2O5. The summed E-state index contributed by atoms with van der Waals surface area (Å²) in [6.45, 7) is -1.79. The quantitative estimate of drug-likeness (QED) is 0.720. The molecule has 0 aliphatic heterocycles. The highest BCUT2D eigenvalue weighted by molar-refractivity contribution is 5.99. The standard InChI is InChI=1S/C18H16F2N2O5/c1-10(16(24)22-12-8-6-11(7-9-12)15(21)23)26-17(25)13-4-2-3-5-14(13)27-18(19)20/h2-10,18H,1H3,(H2,21,23)(H,22,24)/t10-/m1/s1. The number of carbonyl (C=O) groups is 3. The number of hydrogen-bond acceptors (Lipinski definition) is 5. The molecule has 2 aromatic rings. The van der Waals surface area contributed by atoms with Gasteiger partial charge in [-0.15, -0.1) is 0 Å². The second-order valence-electron chi connectivity index (χ2n) is 5.35. The smallest absolute Gasteiger partial charge is 0.387 e. The summed E-state index contributed by atoms with van der Waals surface area (Å²) >= 11 is 0. The van der Waals surface area contributed by atoms with Crippen LogP contribution in [-0.4, -0.2) is 30.5 Å². The highest BCUT2D eigenvalue weighted by atomic mass is 19.3. The van der Waals surface area contributed by atoms with Gasteiger partial charge < -0.3 is 20.5 Å². The van der Waals surface area contributed by atoms with E-state index in [0.717, 1.165) is 0 Å². The highest BCUT2D eigenvalue weighted by Gasteiger charge is 2.22. The van der Waals surface area contributed by atoms with E-state index < -0.39 is 30.5 Å². The van der Waals surface area contributed by atoms with Gasteiger partial charge in [0.25, 0.3) is 5.91 Å². The molecule has 0 spiro atoms. The summed E-state index contributed by atoms with van der Waals surface area (Å²) in [5, 5.41) is 2.49. The molecule has 0 bridgehead atoms. The van der Waals surface area contributed by atoms with Gasteiger partial charge >= 0.3 is 12.6 Å². The van der Waals surface area contributed by atoms with Crippen LogP contribution < -0.4 is 15.8 Å². The molecule has 0 aromatic heterocycles. The Bertz CT molecular complexity index is 840. The van der Waals surface area contributed by atoms with E-state index in [9.17, 15) is 23.2 Å². The van der Waals surface area contributed by atoms with Gasteiger partial charge in [-0.25, -0.2) is 4.79 Å². The largest absolute Gasteiger partial charge is 0.449 e. The summed E-state index contributed by atoms with van der Waals surface area (Å²) in [5.74, 6) is -2.60. The van der Waals surface area contributed by atoms with Gasteiger partial charge in [0.15, 0.2) is 6.10 Å². The number of ether oxygens (including phenoxy) is 2. The SMILES string of the molecule is C[C@@H](OC(=O)c1ccccc1OC(F)F)C(=O)Nc1ccc(C(N)=O)cc1. The number of carbonyl (C=O) groups excluding carboxylic acids is 3. The number of esters is 1. The van der Waals surface area contributed by atoms with Crippen molar-refractivity contribution >= 4 is 23.5 Å². The summed E-state index contributed by atoms with van der Waals surface area (Å²) in [7, 11) is 0. The first kappa shape index (κ1) is 19.8. The van der Waals surface area contributed by atoms with Crippen molar-refractivity contribution in [1.82, 2.24) is 0 Å². The van der Waals surface area contributed by atoms with E-state index in [1.165, 1.54) is 55.5 Å². The predicted molar refractivity (Wildman–Crippen MR) is 91.5 cm³/mol. The Labute approximate surface area is 153 Å². The molecule has 0 fully saturated rings. The maximum absolute atomic E-state index is 12.4. The third kappa shape index (κ3) is 5.50. The van der Waals surface area contributed by atoms with Crippen molar-refractivity contribution < 1.29 is 32.6 Å². The fourth-order valence-electron chi connectivity index (χ4n) is 2.07. The lowest BCUT2D eigenvalue weighted by atomic mass is 10.2. The van der Waals surface area contributed by atoms with Crippen LogP contribution >= 0.6 is 0 Å². The van der Waals surface area contributed by atoms with Crippen LogP contribution in [0.15, 0.2) is 48.5 Å². The zero-order valence-corrected chi connectivity index (χ0v) is 14.1.